The number of hydrogen-bond acceptors (Lipinski definition) is 2. The molecule has 0 aliphatic carbocycles. The minimum absolute atomic E-state index is 0.00436. The minimum Gasteiger partial charge on any atom is -0.395 e. The summed E-state index contributed by atoms with van der Waals surface area (Å²) in [6.07, 6.45) is 0. The van der Waals surface area contributed by atoms with Gasteiger partial charge in [0.25, 0.3) is 0 Å². The average molecular weight is 147 g/mol. The van der Waals surface area contributed by atoms with Crippen LogP contribution >= 0.6 is 0 Å². The molecular formula is C6H15N2O2+. The SMILES string of the molecule is CC(C[NH3+])C(=O)NCCO. The van der Waals surface area contributed by atoms with Crippen LogP contribution in [-0.4, -0.2) is 30.7 Å². The Morgan fingerprint density at radius 2 is 2.40 bits per heavy atom. The van der Waals surface area contributed by atoms with Gasteiger partial charge < -0.3 is 16.2 Å². The molecule has 0 aliphatic rings. The van der Waals surface area contributed by atoms with E-state index in [2.05, 4.69) is 11.1 Å². The number of carbonyl (C=O) groups is 1. The second-order valence-electron chi connectivity index (χ2n) is 2.20. The molecule has 60 valence electrons. The number of nitrogens with one attached hydrogen (secondary N) is 1. The monoisotopic (exact) mass is 147 g/mol. The van der Waals surface area contributed by atoms with Crippen molar-refractivity contribution in [2.75, 3.05) is 19.7 Å². The number of carbonyl (C=O) groups excluding carboxylic acids is 1. The lowest BCUT2D eigenvalue weighted by molar-refractivity contribution is -0.374. The molecule has 0 aromatic carbocycles. The number of hydrogen-bond donors (Lipinski definition) is 3. The van der Waals surface area contributed by atoms with Crippen molar-refractivity contribution in [2.24, 2.45) is 5.92 Å². The van der Waals surface area contributed by atoms with Gasteiger partial charge in [-0.1, -0.05) is 0 Å². The number of quaternary nitrogens is 1. The summed E-state index contributed by atoms with van der Waals surface area (Å²) in [5.74, 6) is -0.0874. The summed E-state index contributed by atoms with van der Waals surface area (Å²) in [7, 11) is 0. The fraction of sp³-hybridized carbons (Fsp3) is 0.833. The molecular weight excluding hydrogens is 132 g/mol. The third-order valence-electron chi connectivity index (χ3n) is 1.29. The first-order valence-corrected chi connectivity index (χ1v) is 3.40. The van der Waals surface area contributed by atoms with Crippen LogP contribution in [0.15, 0.2) is 0 Å². The molecule has 0 saturated carbocycles. The zero-order valence-corrected chi connectivity index (χ0v) is 6.26. The molecule has 0 aliphatic heterocycles. The first-order valence-electron chi connectivity index (χ1n) is 3.40. The van der Waals surface area contributed by atoms with Crippen LogP contribution in [0.2, 0.25) is 0 Å². The van der Waals surface area contributed by atoms with Crippen molar-refractivity contribution in [1.29, 1.82) is 0 Å². The standard InChI is InChI=1S/C6H14N2O2/c1-5(4-7)6(10)8-2-3-9/h5,9H,2-4,7H2,1H3,(H,8,10)/p+1. The van der Waals surface area contributed by atoms with Gasteiger partial charge in [-0.05, 0) is 6.92 Å². The number of aliphatic hydroxyl groups excluding tert-OH is 1. The molecule has 0 heterocycles. The van der Waals surface area contributed by atoms with E-state index in [4.69, 9.17) is 5.11 Å². The van der Waals surface area contributed by atoms with Gasteiger partial charge in [-0.2, -0.15) is 0 Å². The van der Waals surface area contributed by atoms with Gasteiger partial charge in [0.2, 0.25) is 5.91 Å². The van der Waals surface area contributed by atoms with Gasteiger partial charge in [0.1, 0.15) is 0 Å². The van der Waals surface area contributed by atoms with Crippen molar-refractivity contribution in [3.63, 3.8) is 0 Å². The Hall–Kier alpha value is -0.610. The van der Waals surface area contributed by atoms with E-state index in [1.807, 2.05) is 0 Å². The topological polar surface area (TPSA) is 77.0 Å². The Bertz CT molecular complexity index is 106. The van der Waals surface area contributed by atoms with Gasteiger partial charge in [-0.3, -0.25) is 4.79 Å². The van der Waals surface area contributed by atoms with Crippen LogP contribution in [0.25, 0.3) is 0 Å². The largest absolute Gasteiger partial charge is 0.395 e. The van der Waals surface area contributed by atoms with Crippen LogP contribution in [0.1, 0.15) is 6.92 Å². The van der Waals surface area contributed by atoms with Crippen LogP contribution in [-0.2, 0) is 4.79 Å². The Balaban J connectivity index is 3.42. The number of aliphatic hydroxyl groups is 1. The first kappa shape index (κ1) is 9.39. The van der Waals surface area contributed by atoms with E-state index in [1.54, 1.807) is 6.92 Å². The first-order chi connectivity index (χ1) is 4.72. The molecule has 0 aromatic heterocycles. The summed E-state index contributed by atoms with van der Waals surface area (Å²) < 4.78 is 0. The lowest BCUT2D eigenvalue weighted by Gasteiger charge is -2.05. The molecule has 0 aromatic rings. The van der Waals surface area contributed by atoms with Gasteiger partial charge in [0.05, 0.1) is 19.1 Å². The predicted octanol–water partition coefficient (Wildman–Crippen LogP) is -2.03. The molecule has 4 heteroatoms. The zero-order valence-electron chi connectivity index (χ0n) is 6.26. The van der Waals surface area contributed by atoms with Crippen LogP contribution < -0.4 is 11.1 Å². The predicted molar refractivity (Wildman–Crippen MR) is 37.0 cm³/mol. The van der Waals surface area contributed by atoms with Crippen molar-refractivity contribution in [1.82, 2.24) is 5.32 Å². The fourth-order valence-corrected chi connectivity index (χ4v) is 0.484. The summed E-state index contributed by atoms with van der Waals surface area (Å²) in [5.41, 5.74) is 3.59. The second kappa shape index (κ2) is 5.20. The zero-order chi connectivity index (χ0) is 7.98. The molecule has 5 N–H and O–H groups in total. The van der Waals surface area contributed by atoms with Crippen molar-refractivity contribution in [2.45, 2.75) is 6.92 Å². The van der Waals surface area contributed by atoms with Crippen LogP contribution in [0.5, 0.6) is 0 Å². The van der Waals surface area contributed by atoms with E-state index in [0.29, 0.717) is 13.1 Å². The normalized spacial score (nSPS) is 12.7. The molecule has 0 spiro atoms. The van der Waals surface area contributed by atoms with Gasteiger partial charge >= 0.3 is 0 Å². The highest BCUT2D eigenvalue weighted by Crippen LogP contribution is 1.87. The smallest absolute Gasteiger partial charge is 0.228 e. The fourth-order valence-electron chi connectivity index (χ4n) is 0.484. The Labute approximate surface area is 60.4 Å². The van der Waals surface area contributed by atoms with E-state index in [-0.39, 0.29) is 18.4 Å². The highest BCUT2D eigenvalue weighted by molar-refractivity contribution is 5.78. The molecule has 0 fully saturated rings. The van der Waals surface area contributed by atoms with Crippen LogP contribution in [0.4, 0.5) is 0 Å². The maximum Gasteiger partial charge on any atom is 0.228 e. The van der Waals surface area contributed by atoms with Crippen molar-refractivity contribution < 1.29 is 15.6 Å². The van der Waals surface area contributed by atoms with Crippen LogP contribution in [0.3, 0.4) is 0 Å². The quantitative estimate of drug-likeness (QED) is 0.429. The maximum atomic E-state index is 10.9. The highest BCUT2D eigenvalue weighted by Gasteiger charge is 2.10. The molecule has 0 rings (SSSR count). The van der Waals surface area contributed by atoms with Crippen molar-refractivity contribution in [3.8, 4) is 0 Å². The second-order valence-corrected chi connectivity index (χ2v) is 2.20. The molecule has 10 heavy (non-hydrogen) atoms. The summed E-state index contributed by atoms with van der Waals surface area (Å²) >= 11 is 0. The molecule has 0 saturated heterocycles. The van der Waals surface area contributed by atoms with E-state index in [1.165, 1.54) is 0 Å². The lowest BCUT2D eigenvalue weighted by Crippen LogP contribution is -2.56. The van der Waals surface area contributed by atoms with Gasteiger partial charge in [0, 0.05) is 6.54 Å². The molecule has 0 bridgehead atoms. The molecule has 1 unspecified atom stereocenters. The lowest BCUT2D eigenvalue weighted by atomic mass is 10.2. The van der Waals surface area contributed by atoms with Gasteiger partial charge in [0.15, 0.2) is 0 Å². The van der Waals surface area contributed by atoms with E-state index in [0.717, 1.165) is 0 Å². The van der Waals surface area contributed by atoms with Crippen LogP contribution in [0, 0.1) is 5.92 Å². The molecule has 1 amide bonds. The highest BCUT2D eigenvalue weighted by atomic mass is 16.3. The summed E-state index contributed by atoms with van der Waals surface area (Å²) in [6, 6.07) is 0. The minimum atomic E-state index is -0.0495. The summed E-state index contributed by atoms with van der Waals surface area (Å²) in [6.45, 7) is 2.73. The molecule has 1 atom stereocenters. The van der Waals surface area contributed by atoms with Crippen molar-refractivity contribution in [3.05, 3.63) is 0 Å². The summed E-state index contributed by atoms with van der Waals surface area (Å²) in [5, 5.41) is 10.9. The third kappa shape index (κ3) is 3.42. The van der Waals surface area contributed by atoms with E-state index < -0.39 is 0 Å². The Kier molecular flexibility index (Phi) is 4.88. The summed E-state index contributed by atoms with van der Waals surface area (Å²) in [4.78, 5) is 10.9. The van der Waals surface area contributed by atoms with E-state index in [9.17, 15) is 4.79 Å². The van der Waals surface area contributed by atoms with Crippen molar-refractivity contribution >= 4 is 5.91 Å². The van der Waals surface area contributed by atoms with Gasteiger partial charge in [-0.15, -0.1) is 0 Å². The third-order valence-corrected chi connectivity index (χ3v) is 1.29. The molecule has 0 radical (unpaired) electrons. The number of amides is 1. The van der Waals surface area contributed by atoms with E-state index >= 15 is 0 Å². The maximum absolute atomic E-state index is 10.9. The Morgan fingerprint density at radius 3 is 2.80 bits per heavy atom. The van der Waals surface area contributed by atoms with Gasteiger partial charge in [-0.25, -0.2) is 0 Å². The average Bonchev–Trinajstić information content (AvgIpc) is 1.98. The molecule has 4 nitrogen and oxygen atoms in total. The number of rotatable bonds is 4. The Morgan fingerprint density at radius 1 is 1.80 bits per heavy atom.